The lowest BCUT2D eigenvalue weighted by molar-refractivity contribution is -0.120. The van der Waals surface area contributed by atoms with E-state index < -0.39 is 5.25 Å². The number of aromatic amines is 1. The molecule has 0 aliphatic carbocycles. The Bertz CT molecular complexity index is 778. The predicted molar refractivity (Wildman–Crippen MR) is 89.7 cm³/mol. The Kier molecular flexibility index (Phi) is 5.22. The van der Waals surface area contributed by atoms with Gasteiger partial charge in [0.05, 0.1) is 6.20 Å². The van der Waals surface area contributed by atoms with Crippen molar-refractivity contribution in [3.8, 4) is 0 Å². The SMILES string of the molecule is O=C(NCc1ccc(F)cc1)C(Sc1cn[nH]n1)c1ccccc1. The molecular weight excluding hydrogens is 327 g/mol. The van der Waals surface area contributed by atoms with Crippen molar-refractivity contribution < 1.29 is 9.18 Å². The highest BCUT2D eigenvalue weighted by molar-refractivity contribution is 8.00. The van der Waals surface area contributed by atoms with E-state index in [0.29, 0.717) is 11.6 Å². The van der Waals surface area contributed by atoms with E-state index in [1.807, 2.05) is 30.3 Å². The van der Waals surface area contributed by atoms with Gasteiger partial charge in [-0.3, -0.25) is 4.79 Å². The van der Waals surface area contributed by atoms with Crippen LogP contribution in [-0.4, -0.2) is 21.3 Å². The van der Waals surface area contributed by atoms with E-state index >= 15 is 0 Å². The van der Waals surface area contributed by atoms with E-state index in [0.717, 1.165) is 11.1 Å². The van der Waals surface area contributed by atoms with Gasteiger partial charge in [0.25, 0.3) is 0 Å². The third-order valence-corrected chi connectivity index (χ3v) is 4.51. The van der Waals surface area contributed by atoms with Crippen LogP contribution in [0.25, 0.3) is 0 Å². The van der Waals surface area contributed by atoms with Gasteiger partial charge >= 0.3 is 0 Å². The van der Waals surface area contributed by atoms with Gasteiger partial charge in [0.15, 0.2) is 0 Å². The average molecular weight is 342 g/mol. The van der Waals surface area contributed by atoms with Crippen LogP contribution >= 0.6 is 11.8 Å². The Balaban J connectivity index is 1.72. The van der Waals surface area contributed by atoms with Crippen molar-refractivity contribution in [1.82, 2.24) is 20.7 Å². The number of hydrogen-bond donors (Lipinski definition) is 2. The topological polar surface area (TPSA) is 70.7 Å². The van der Waals surface area contributed by atoms with Crippen LogP contribution < -0.4 is 5.32 Å². The first-order chi connectivity index (χ1) is 11.7. The van der Waals surface area contributed by atoms with Crippen LogP contribution in [0.3, 0.4) is 0 Å². The number of H-pyrrole nitrogens is 1. The van der Waals surface area contributed by atoms with Crippen LogP contribution in [0.4, 0.5) is 4.39 Å². The number of nitrogens with one attached hydrogen (secondary N) is 2. The molecule has 1 atom stereocenters. The number of thioether (sulfide) groups is 1. The molecule has 24 heavy (non-hydrogen) atoms. The van der Waals surface area contributed by atoms with Gasteiger partial charge in [-0.05, 0) is 23.3 Å². The lowest BCUT2D eigenvalue weighted by Gasteiger charge is -2.15. The van der Waals surface area contributed by atoms with Crippen LogP contribution in [0.2, 0.25) is 0 Å². The Morgan fingerprint density at radius 3 is 2.58 bits per heavy atom. The summed E-state index contributed by atoms with van der Waals surface area (Å²) < 4.78 is 12.9. The summed E-state index contributed by atoms with van der Waals surface area (Å²) in [5.41, 5.74) is 1.71. The second-order valence-electron chi connectivity index (χ2n) is 5.06. The molecule has 1 unspecified atom stereocenters. The molecule has 1 heterocycles. The molecule has 0 aliphatic rings. The first kappa shape index (κ1) is 16.2. The van der Waals surface area contributed by atoms with E-state index in [4.69, 9.17) is 0 Å². The van der Waals surface area contributed by atoms with Crippen molar-refractivity contribution in [2.45, 2.75) is 16.8 Å². The smallest absolute Gasteiger partial charge is 0.238 e. The maximum absolute atomic E-state index is 12.9. The van der Waals surface area contributed by atoms with E-state index in [-0.39, 0.29) is 11.7 Å². The molecule has 0 spiro atoms. The molecule has 0 saturated heterocycles. The molecule has 0 radical (unpaired) electrons. The second kappa shape index (κ2) is 7.74. The third kappa shape index (κ3) is 4.20. The Labute approximate surface area is 142 Å². The van der Waals surface area contributed by atoms with Gasteiger partial charge in [-0.2, -0.15) is 10.3 Å². The molecular formula is C17H15FN4OS. The number of rotatable bonds is 6. The fourth-order valence-electron chi connectivity index (χ4n) is 2.15. The van der Waals surface area contributed by atoms with Gasteiger partial charge in [0.1, 0.15) is 16.1 Å². The average Bonchev–Trinajstić information content (AvgIpc) is 3.13. The molecule has 3 aromatic rings. The highest BCUT2D eigenvalue weighted by Gasteiger charge is 2.22. The minimum Gasteiger partial charge on any atom is -0.351 e. The van der Waals surface area contributed by atoms with Crippen molar-refractivity contribution in [1.29, 1.82) is 0 Å². The quantitative estimate of drug-likeness (QED) is 0.675. The van der Waals surface area contributed by atoms with E-state index in [1.165, 1.54) is 23.9 Å². The summed E-state index contributed by atoms with van der Waals surface area (Å²) in [5, 5.41) is 13.4. The lowest BCUT2D eigenvalue weighted by atomic mass is 10.1. The molecule has 0 fully saturated rings. The highest BCUT2D eigenvalue weighted by Crippen LogP contribution is 2.33. The van der Waals surface area contributed by atoms with Gasteiger partial charge in [0.2, 0.25) is 5.91 Å². The molecule has 0 saturated carbocycles. The van der Waals surface area contributed by atoms with Crippen molar-refractivity contribution in [3.63, 3.8) is 0 Å². The van der Waals surface area contributed by atoms with Crippen molar-refractivity contribution >= 4 is 17.7 Å². The van der Waals surface area contributed by atoms with Crippen LogP contribution in [0.1, 0.15) is 16.4 Å². The zero-order chi connectivity index (χ0) is 16.8. The summed E-state index contributed by atoms with van der Waals surface area (Å²) >= 11 is 1.32. The van der Waals surface area contributed by atoms with Gasteiger partial charge in [-0.25, -0.2) is 4.39 Å². The summed E-state index contributed by atoms with van der Waals surface area (Å²) in [6.07, 6.45) is 1.58. The summed E-state index contributed by atoms with van der Waals surface area (Å²) in [6.45, 7) is 0.335. The second-order valence-corrected chi connectivity index (χ2v) is 6.19. The molecule has 2 aromatic carbocycles. The van der Waals surface area contributed by atoms with Crippen molar-refractivity contribution in [2.75, 3.05) is 0 Å². The lowest BCUT2D eigenvalue weighted by Crippen LogP contribution is -2.27. The van der Waals surface area contributed by atoms with E-state index in [1.54, 1.807) is 18.3 Å². The number of halogens is 1. The van der Waals surface area contributed by atoms with Crippen LogP contribution in [0.5, 0.6) is 0 Å². The number of aromatic nitrogens is 3. The Hall–Kier alpha value is -2.67. The van der Waals surface area contributed by atoms with Crippen LogP contribution in [0, 0.1) is 5.82 Å². The molecule has 1 amide bonds. The first-order valence-corrected chi connectivity index (χ1v) is 8.20. The molecule has 2 N–H and O–H groups in total. The normalized spacial score (nSPS) is 11.9. The number of amides is 1. The summed E-state index contributed by atoms with van der Waals surface area (Å²) in [5.74, 6) is -0.438. The Morgan fingerprint density at radius 1 is 1.17 bits per heavy atom. The standard InChI is InChI=1S/C17H15FN4OS/c18-14-8-6-12(7-9-14)10-19-17(23)16(13-4-2-1-3-5-13)24-15-11-20-22-21-15/h1-9,11,16H,10H2,(H,19,23)(H,20,21,22). The number of benzene rings is 2. The fourth-order valence-corrected chi connectivity index (χ4v) is 3.09. The minimum atomic E-state index is -0.447. The summed E-state index contributed by atoms with van der Waals surface area (Å²) in [7, 11) is 0. The molecule has 0 bridgehead atoms. The Morgan fingerprint density at radius 2 is 1.92 bits per heavy atom. The van der Waals surface area contributed by atoms with E-state index in [9.17, 15) is 9.18 Å². The molecule has 5 nitrogen and oxygen atoms in total. The van der Waals surface area contributed by atoms with E-state index in [2.05, 4.69) is 20.7 Å². The van der Waals surface area contributed by atoms with Crippen LogP contribution in [-0.2, 0) is 11.3 Å². The van der Waals surface area contributed by atoms with Crippen molar-refractivity contribution in [3.05, 3.63) is 77.7 Å². The number of carbonyl (C=O) groups excluding carboxylic acids is 1. The molecule has 1 aromatic heterocycles. The molecule has 7 heteroatoms. The zero-order valence-corrected chi connectivity index (χ0v) is 13.5. The van der Waals surface area contributed by atoms with Gasteiger partial charge < -0.3 is 5.32 Å². The van der Waals surface area contributed by atoms with Crippen LogP contribution in [0.15, 0.2) is 65.8 Å². The maximum atomic E-state index is 12.9. The summed E-state index contributed by atoms with van der Waals surface area (Å²) in [4.78, 5) is 12.6. The largest absolute Gasteiger partial charge is 0.351 e. The van der Waals surface area contributed by atoms with Gasteiger partial charge in [-0.15, -0.1) is 5.10 Å². The predicted octanol–water partition coefficient (Wildman–Crippen LogP) is 3.09. The summed E-state index contributed by atoms with van der Waals surface area (Å²) in [6, 6.07) is 15.5. The first-order valence-electron chi connectivity index (χ1n) is 7.32. The molecule has 3 rings (SSSR count). The monoisotopic (exact) mass is 342 g/mol. The molecule has 122 valence electrons. The minimum absolute atomic E-state index is 0.140. The number of nitrogens with zero attached hydrogens (tertiary/aromatic N) is 2. The fraction of sp³-hybridized carbons (Fsp3) is 0.118. The molecule has 0 aliphatic heterocycles. The third-order valence-electron chi connectivity index (χ3n) is 3.35. The van der Waals surface area contributed by atoms with Gasteiger partial charge in [0, 0.05) is 6.54 Å². The number of hydrogen-bond acceptors (Lipinski definition) is 4. The van der Waals surface area contributed by atoms with Crippen molar-refractivity contribution in [2.24, 2.45) is 0 Å². The highest BCUT2D eigenvalue weighted by atomic mass is 32.2. The zero-order valence-electron chi connectivity index (χ0n) is 12.6. The maximum Gasteiger partial charge on any atom is 0.238 e. The number of carbonyl (C=O) groups is 1. The van der Waals surface area contributed by atoms with Gasteiger partial charge in [-0.1, -0.05) is 54.2 Å².